The van der Waals surface area contributed by atoms with Crippen LogP contribution in [0.4, 0.5) is 0 Å². The van der Waals surface area contributed by atoms with E-state index in [1.807, 2.05) is 13.8 Å². The van der Waals surface area contributed by atoms with Crippen molar-refractivity contribution < 1.29 is 14.7 Å². The Balaban J connectivity index is 4.08. The zero-order valence-electron chi connectivity index (χ0n) is 6.91. The van der Waals surface area contributed by atoms with E-state index < -0.39 is 11.9 Å². The maximum Gasteiger partial charge on any atom is 0.307 e. The molecule has 0 aliphatic heterocycles. The highest BCUT2D eigenvalue weighted by molar-refractivity contribution is 5.73. The third-order valence-electron chi connectivity index (χ3n) is 2.00. The number of rotatable bonds is 5. The minimum Gasteiger partial charge on any atom is -0.481 e. The minimum absolute atomic E-state index is 0.0812. The van der Waals surface area contributed by atoms with Gasteiger partial charge in [0.15, 0.2) is 0 Å². The summed E-state index contributed by atoms with van der Waals surface area (Å²) >= 11 is 0. The monoisotopic (exact) mass is 158 g/mol. The predicted molar refractivity (Wildman–Crippen MR) is 41.3 cm³/mol. The van der Waals surface area contributed by atoms with Crippen LogP contribution in [0.2, 0.25) is 0 Å². The van der Waals surface area contributed by atoms with Crippen LogP contribution in [0.15, 0.2) is 0 Å². The maximum atomic E-state index is 10.5. The van der Waals surface area contributed by atoms with Gasteiger partial charge in [0.05, 0.1) is 5.92 Å². The van der Waals surface area contributed by atoms with Crippen molar-refractivity contribution >= 4 is 12.3 Å². The van der Waals surface area contributed by atoms with Crippen molar-refractivity contribution in [1.82, 2.24) is 0 Å². The molecular weight excluding hydrogens is 144 g/mol. The molecule has 3 heteroatoms. The molecule has 0 radical (unpaired) electrons. The fourth-order valence-electron chi connectivity index (χ4n) is 0.965. The second-order valence-electron chi connectivity index (χ2n) is 2.73. The number of carboxylic acid groups (broad SMARTS) is 1. The van der Waals surface area contributed by atoms with Crippen molar-refractivity contribution in [3.8, 4) is 0 Å². The normalized spacial score (nSPS) is 15.5. The molecule has 0 aromatic carbocycles. The fraction of sp³-hybridized carbons (Fsp3) is 0.750. The summed E-state index contributed by atoms with van der Waals surface area (Å²) in [6.45, 7) is 3.77. The number of hydrogen-bond acceptors (Lipinski definition) is 2. The van der Waals surface area contributed by atoms with E-state index >= 15 is 0 Å². The average molecular weight is 158 g/mol. The molecule has 11 heavy (non-hydrogen) atoms. The van der Waals surface area contributed by atoms with E-state index in [2.05, 4.69) is 0 Å². The lowest BCUT2D eigenvalue weighted by molar-refractivity contribution is -0.144. The van der Waals surface area contributed by atoms with E-state index in [1.165, 1.54) is 0 Å². The maximum absolute atomic E-state index is 10.5. The molecule has 0 heterocycles. The smallest absolute Gasteiger partial charge is 0.307 e. The Morgan fingerprint density at radius 2 is 2.18 bits per heavy atom. The van der Waals surface area contributed by atoms with Gasteiger partial charge in [0, 0.05) is 6.42 Å². The van der Waals surface area contributed by atoms with Crippen LogP contribution in [0.5, 0.6) is 0 Å². The summed E-state index contributed by atoms with van der Waals surface area (Å²) in [6, 6.07) is 0. The molecule has 0 spiro atoms. The van der Waals surface area contributed by atoms with E-state index in [9.17, 15) is 9.59 Å². The van der Waals surface area contributed by atoms with Gasteiger partial charge in [-0.15, -0.1) is 0 Å². The quantitative estimate of drug-likeness (QED) is 0.614. The molecule has 0 saturated carbocycles. The summed E-state index contributed by atoms with van der Waals surface area (Å²) in [4.78, 5) is 20.6. The van der Waals surface area contributed by atoms with Crippen LogP contribution < -0.4 is 0 Å². The Morgan fingerprint density at radius 1 is 1.64 bits per heavy atom. The van der Waals surface area contributed by atoms with Crippen LogP contribution in [0.3, 0.4) is 0 Å². The van der Waals surface area contributed by atoms with Crippen molar-refractivity contribution in [2.45, 2.75) is 26.7 Å². The first-order chi connectivity index (χ1) is 5.13. The topological polar surface area (TPSA) is 54.4 Å². The van der Waals surface area contributed by atoms with Gasteiger partial charge in [-0.1, -0.05) is 20.3 Å². The molecule has 0 aromatic heterocycles. The Bertz CT molecular complexity index is 142. The molecule has 1 N–H and O–H groups in total. The van der Waals surface area contributed by atoms with Crippen LogP contribution >= 0.6 is 0 Å². The minimum atomic E-state index is -0.869. The highest BCUT2D eigenvalue weighted by Crippen LogP contribution is 2.17. The van der Waals surface area contributed by atoms with Gasteiger partial charge >= 0.3 is 5.97 Å². The molecule has 2 atom stereocenters. The van der Waals surface area contributed by atoms with Crippen LogP contribution in [-0.4, -0.2) is 17.4 Å². The summed E-state index contributed by atoms with van der Waals surface area (Å²) in [5.74, 6) is -1.29. The molecule has 0 aliphatic carbocycles. The van der Waals surface area contributed by atoms with E-state index in [4.69, 9.17) is 5.11 Å². The molecule has 64 valence electrons. The largest absolute Gasteiger partial charge is 0.481 e. The van der Waals surface area contributed by atoms with Crippen LogP contribution in [0.25, 0.3) is 0 Å². The molecule has 0 aromatic rings. The first-order valence-corrected chi connectivity index (χ1v) is 3.79. The number of aldehydes is 1. The molecule has 3 nitrogen and oxygen atoms in total. The Kier molecular flexibility index (Phi) is 4.50. The second kappa shape index (κ2) is 4.88. The lowest BCUT2D eigenvalue weighted by Gasteiger charge is -2.15. The number of hydrogen-bond donors (Lipinski definition) is 1. The SMILES string of the molecule is CCC(C)C(CC=O)C(=O)O. The Hall–Kier alpha value is -0.860. The summed E-state index contributed by atoms with van der Waals surface area (Å²) < 4.78 is 0. The molecule has 0 rings (SSSR count). The van der Waals surface area contributed by atoms with Crippen LogP contribution in [0, 0.1) is 11.8 Å². The van der Waals surface area contributed by atoms with Gasteiger partial charge in [-0.3, -0.25) is 4.79 Å². The number of aliphatic carboxylic acids is 1. The van der Waals surface area contributed by atoms with Gasteiger partial charge in [-0.25, -0.2) is 0 Å². The van der Waals surface area contributed by atoms with E-state index in [-0.39, 0.29) is 12.3 Å². The summed E-state index contributed by atoms with van der Waals surface area (Å²) in [7, 11) is 0. The number of carbonyl (C=O) groups excluding carboxylic acids is 1. The molecular formula is C8H14O3. The summed E-state index contributed by atoms with van der Waals surface area (Å²) in [6.07, 6.45) is 1.60. The third kappa shape index (κ3) is 3.16. The van der Waals surface area contributed by atoms with E-state index in [1.54, 1.807) is 0 Å². The standard InChI is InChI=1S/C8H14O3/c1-3-6(2)7(4-5-9)8(10)11/h5-7H,3-4H2,1-2H3,(H,10,11). The second-order valence-corrected chi connectivity index (χ2v) is 2.73. The fourth-order valence-corrected chi connectivity index (χ4v) is 0.965. The highest BCUT2D eigenvalue weighted by atomic mass is 16.4. The van der Waals surface area contributed by atoms with E-state index in [0.29, 0.717) is 6.29 Å². The van der Waals surface area contributed by atoms with Gasteiger partial charge < -0.3 is 9.90 Å². The molecule has 2 unspecified atom stereocenters. The zero-order chi connectivity index (χ0) is 8.85. The first kappa shape index (κ1) is 10.1. The lowest BCUT2D eigenvalue weighted by Crippen LogP contribution is -2.21. The Labute approximate surface area is 66.4 Å². The molecule has 0 aliphatic rings. The van der Waals surface area contributed by atoms with Gasteiger partial charge in [0.1, 0.15) is 6.29 Å². The summed E-state index contributed by atoms with van der Waals surface area (Å²) in [5, 5.41) is 8.65. The number of carbonyl (C=O) groups is 2. The molecule has 0 saturated heterocycles. The first-order valence-electron chi connectivity index (χ1n) is 3.79. The van der Waals surface area contributed by atoms with Crippen molar-refractivity contribution in [3.05, 3.63) is 0 Å². The van der Waals surface area contributed by atoms with Crippen molar-refractivity contribution in [2.24, 2.45) is 11.8 Å². The molecule has 0 amide bonds. The van der Waals surface area contributed by atoms with Gasteiger partial charge in [0.2, 0.25) is 0 Å². The van der Waals surface area contributed by atoms with Crippen molar-refractivity contribution in [3.63, 3.8) is 0 Å². The Morgan fingerprint density at radius 3 is 2.45 bits per heavy atom. The van der Waals surface area contributed by atoms with Gasteiger partial charge in [-0.05, 0) is 5.92 Å². The van der Waals surface area contributed by atoms with Crippen molar-refractivity contribution in [2.75, 3.05) is 0 Å². The average Bonchev–Trinajstić information content (AvgIpc) is 1.98. The zero-order valence-corrected chi connectivity index (χ0v) is 6.91. The van der Waals surface area contributed by atoms with Crippen LogP contribution in [0.1, 0.15) is 26.7 Å². The van der Waals surface area contributed by atoms with Gasteiger partial charge in [-0.2, -0.15) is 0 Å². The third-order valence-corrected chi connectivity index (χ3v) is 2.00. The molecule has 0 fully saturated rings. The van der Waals surface area contributed by atoms with Gasteiger partial charge in [0.25, 0.3) is 0 Å². The highest BCUT2D eigenvalue weighted by Gasteiger charge is 2.22. The summed E-state index contributed by atoms with van der Waals surface area (Å²) in [5.41, 5.74) is 0. The number of carboxylic acids is 1. The predicted octanol–water partition coefficient (Wildman–Crippen LogP) is 1.32. The van der Waals surface area contributed by atoms with E-state index in [0.717, 1.165) is 6.42 Å². The van der Waals surface area contributed by atoms with Crippen molar-refractivity contribution in [1.29, 1.82) is 0 Å². The molecule has 0 bridgehead atoms. The lowest BCUT2D eigenvalue weighted by atomic mass is 9.90. The van der Waals surface area contributed by atoms with Crippen LogP contribution in [-0.2, 0) is 9.59 Å².